The molecular weight excluding hydrogens is 589 g/mol. The van der Waals surface area contributed by atoms with Crippen molar-refractivity contribution in [2.45, 2.75) is 70.2 Å². The van der Waals surface area contributed by atoms with E-state index in [9.17, 15) is 41.2 Å². The molecule has 16 heteroatoms. The molecule has 1 aliphatic rings. The van der Waals surface area contributed by atoms with Gasteiger partial charge in [-0.3, -0.25) is 14.5 Å². The van der Waals surface area contributed by atoms with E-state index in [1.165, 1.54) is 13.2 Å². The zero-order valence-electron chi connectivity index (χ0n) is 23.4. The van der Waals surface area contributed by atoms with Gasteiger partial charge in [0.1, 0.15) is 5.54 Å². The minimum Gasteiger partial charge on any atom is -0.455 e. The van der Waals surface area contributed by atoms with Crippen molar-refractivity contribution >= 4 is 11.8 Å². The number of aryl methyl sites for hydroxylation is 1. The lowest BCUT2D eigenvalue weighted by Gasteiger charge is -2.26. The summed E-state index contributed by atoms with van der Waals surface area (Å²) in [7, 11) is 1.23. The van der Waals surface area contributed by atoms with Crippen molar-refractivity contribution < 1.29 is 45.1 Å². The average molecular weight is 615 g/mol. The van der Waals surface area contributed by atoms with Crippen molar-refractivity contribution in [1.82, 2.24) is 24.5 Å². The lowest BCUT2D eigenvalue weighted by atomic mass is 9.97. The van der Waals surface area contributed by atoms with Crippen molar-refractivity contribution in [3.63, 3.8) is 0 Å². The number of aromatic nitrogens is 4. The Morgan fingerprint density at radius 1 is 1.14 bits per heavy atom. The van der Waals surface area contributed by atoms with Gasteiger partial charge in [-0.1, -0.05) is 6.07 Å². The zero-order chi connectivity index (χ0) is 32.3. The molecule has 0 saturated heterocycles. The summed E-state index contributed by atoms with van der Waals surface area (Å²) in [6.07, 6.45) is -4.55. The summed E-state index contributed by atoms with van der Waals surface area (Å²) < 4.78 is 106. The molecule has 2 amide bonds. The number of imide groups is 1. The molecule has 0 N–H and O–H groups in total. The van der Waals surface area contributed by atoms with Gasteiger partial charge in [0, 0.05) is 39.6 Å². The Hall–Kier alpha value is -4.42. The van der Waals surface area contributed by atoms with Gasteiger partial charge >= 0.3 is 6.18 Å². The Balaban J connectivity index is 1.84. The van der Waals surface area contributed by atoms with Crippen LogP contribution in [-0.4, -0.2) is 54.1 Å². The molecule has 1 saturated carbocycles. The van der Waals surface area contributed by atoms with Gasteiger partial charge in [0.15, 0.2) is 17.3 Å². The van der Waals surface area contributed by atoms with Gasteiger partial charge in [-0.25, -0.2) is 26.9 Å². The third kappa shape index (κ3) is 5.55. The van der Waals surface area contributed by atoms with E-state index in [0.29, 0.717) is 24.8 Å². The summed E-state index contributed by atoms with van der Waals surface area (Å²) in [6.45, 7) is 2.76. The highest BCUT2D eigenvalue weighted by molar-refractivity contribution is 6.07. The lowest BCUT2D eigenvalue weighted by molar-refractivity contribution is -0.138. The summed E-state index contributed by atoms with van der Waals surface area (Å²) in [4.78, 5) is 26.2. The van der Waals surface area contributed by atoms with Crippen molar-refractivity contribution in [1.29, 1.82) is 5.26 Å². The maximum atomic E-state index is 15.3. The molecule has 0 spiro atoms. The molecule has 0 aliphatic heterocycles. The molecule has 43 heavy (non-hydrogen) atoms. The molecule has 9 nitrogen and oxygen atoms in total. The van der Waals surface area contributed by atoms with Crippen LogP contribution >= 0.6 is 0 Å². The molecule has 2 heterocycles. The van der Waals surface area contributed by atoms with Gasteiger partial charge < -0.3 is 4.74 Å². The molecular formula is C27H25F7N6O3. The van der Waals surface area contributed by atoms with E-state index in [4.69, 9.17) is 4.74 Å². The number of halogens is 7. The van der Waals surface area contributed by atoms with Gasteiger partial charge in [0.05, 0.1) is 23.4 Å². The molecule has 3 aromatic rings. The number of hydrogen-bond donors (Lipinski definition) is 0. The van der Waals surface area contributed by atoms with Crippen LogP contribution in [0, 0.1) is 11.3 Å². The second kappa shape index (κ2) is 10.4. The Morgan fingerprint density at radius 2 is 1.77 bits per heavy atom. The van der Waals surface area contributed by atoms with E-state index < -0.39 is 64.0 Å². The smallest absolute Gasteiger partial charge is 0.417 e. The van der Waals surface area contributed by atoms with E-state index in [-0.39, 0.29) is 29.8 Å². The number of amides is 2. The molecule has 1 fully saturated rings. The summed E-state index contributed by atoms with van der Waals surface area (Å²) >= 11 is 0. The van der Waals surface area contributed by atoms with E-state index >= 15 is 4.39 Å². The molecule has 1 aromatic carbocycles. The molecule has 2 unspecified atom stereocenters. The molecule has 2 atom stereocenters. The SMILES string of the molecule is CC(=O)N(C(=O)c1cc(-c2cnn(-c3c(OC(C)F)c(C(C)(F)C(C)(F)F)nn3C)c2)ccc1C(F)(F)F)C1(C#N)CC1. The maximum Gasteiger partial charge on any atom is 0.417 e. The minimum atomic E-state index is -5.00. The Morgan fingerprint density at radius 3 is 2.26 bits per heavy atom. The molecule has 2 aromatic heterocycles. The number of nitriles is 1. The highest BCUT2D eigenvalue weighted by Crippen LogP contribution is 2.46. The van der Waals surface area contributed by atoms with Crippen LogP contribution in [0.2, 0.25) is 0 Å². The van der Waals surface area contributed by atoms with Crippen LogP contribution < -0.4 is 4.74 Å². The first kappa shape index (κ1) is 31.5. The van der Waals surface area contributed by atoms with Crippen LogP contribution in [0.3, 0.4) is 0 Å². The lowest BCUT2D eigenvalue weighted by Crippen LogP contribution is -2.45. The number of rotatable bonds is 8. The first-order valence-corrected chi connectivity index (χ1v) is 12.7. The second-order valence-corrected chi connectivity index (χ2v) is 10.4. The topological polar surface area (TPSA) is 106 Å². The number of nitrogens with zero attached hydrogens (tertiary/aromatic N) is 6. The predicted molar refractivity (Wildman–Crippen MR) is 135 cm³/mol. The van der Waals surface area contributed by atoms with E-state index in [2.05, 4.69) is 10.2 Å². The van der Waals surface area contributed by atoms with Gasteiger partial charge in [0.2, 0.25) is 17.9 Å². The summed E-state index contributed by atoms with van der Waals surface area (Å²) in [5, 5.41) is 17.3. The van der Waals surface area contributed by atoms with Crippen LogP contribution in [0.1, 0.15) is 62.2 Å². The van der Waals surface area contributed by atoms with Gasteiger partial charge in [-0.05, 0) is 37.5 Å². The van der Waals surface area contributed by atoms with Crippen LogP contribution in [0.15, 0.2) is 30.6 Å². The number of carbonyl (C=O) groups excluding carboxylic acids is 2. The molecule has 1 aliphatic carbocycles. The van der Waals surface area contributed by atoms with E-state index in [1.54, 1.807) is 0 Å². The maximum absolute atomic E-state index is 15.3. The highest BCUT2D eigenvalue weighted by Gasteiger charge is 2.55. The first-order chi connectivity index (χ1) is 19.7. The predicted octanol–water partition coefficient (Wildman–Crippen LogP) is 5.87. The van der Waals surface area contributed by atoms with Crippen molar-refractivity contribution in [2.75, 3.05) is 0 Å². The fraction of sp³-hybridized carbons (Fsp3) is 0.444. The third-order valence-corrected chi connectivity index (χ3v) is 7.09. The van der Waals surface area contributed by atoms with Gasteiger partial charge in [-0.2, -0.15) is 28.6 Å². The van der Waals surface area contributed by atoms with Crippen LogP contribution in [0.25, 0.3) is 16.9 Å². The first-order valence-electron chi connectivity index (χ1n) is 12.7. The van der Waals surface area contributed by atoms with Crippen molar-refractivity contribution in [2.24, 2.45) is 7.05 Å². The third-order valence-electron chi connectivity index (χ3n) is 7.09. The van der Waals surface area contributed by atoms with Gasteiger partial charge in [0.25, 0.3) is 11.8 Å². The number of ether oxygens (including phenoxy) is 1. The van der Waals surface area contributed by atoms with Crippen LogP contribution in [0.5, 0.6) is 5.75 Å². The number of alkyl halides is 7. The fourth-order valence-corrected chi connectivity index (χ4v) is 4.53. The molecule has 0 radical (unpaired) electrons. The van der Waals surface area contributed by atoms with Crippen molar-refractivity contribution in [3.8, 4) is 28.8 Å². The van der Waals surface area contributed by atoms with Crippen molar-refractivity contribution in [3.05, 3.63) is 47.4 Å². The number of carbonyl (C=O) groups is 2. The number of hydrogen-bond acceptors (Lipinski definition) is 6. The molecule has 230 valence electrons. The van der Waals surface area contributed by atoms with Crippen LogP contribution in [-0.2, 0) is 23.7 Å². The van der Waals surface area contributed by atoms with E-state index in [0.717, 1.165) is 41.5 Å². The largest absolute Gasteiger partial charge is 0.455 e. The Labute approximate surface area is 240 Å². The summed E-state index contributed by atoms with van der Waals surface area (Å²) in [5.74, 6) is -7.17. The number of benzene rings is 1. The standard InChI is InChI=1S/C27H25F7N6O3/c1-14(28)43-20-21(24(3,29)25(4,30)31)37-38(5)22(20)39-12-17(11-36-39)16-6-7-19(27(32,33)34)18(10-16)23(42)40(15(2)41)26(13-35)8-9-26/h6-7,10-12,14H,8-9H2,1-5H3. The van der Waals surface area contributed by atoms with E-state index in [1.807, 2.05) is 6.07 Å². The second-order valence-electron chi connectivity index (χ2n) is 10.4. The normalized spacial score (nSPS) is 16.6. The zero-order valence-corrected chi connectivity index (χ0v) is 23.4. The highest BCUT2D eigenvalue weighted by atomic mass is 19.4. The summed E-state index contributed by atoms with van der Waals surface area (Å²) in [5.41, 5.74) is -8.02. The van der Waals surface area contributed by atoms with Gasteiger partial charge in [-0.15, -0.1) is 0 Å². The minimum absolute atomic E-state index is 0.00653. The quantitative estimate of drug-likeness (QED) is 0.294. The Kier molecular flexibility index (Phi) is 7.61. The van der Waals surface area contributed by atoms with Crippen LogP contribution in [0.4, 0.5) is 30.7 Å². The monoisotopic (exact) mass is 614 g/mol. The molecule has 4 rings (SSSR count). The summed E-state index contributed by atoms with van der Waals surface area (Å²) in [6, 6.07) is 4.36. The Bertz CT molecular complexity index is 1620. The average Bonchev–Trinajstić information content (AvgIpc) is 3.37. The fourth-order valence-electron chi connectivity index (χ4n) is 4.53. The molecule has 0 bridgehead atoms.